The van der Waals surface area contributed by atoms with Gasteiger partial charge in [0.05, 0.1) is 0 Å². The van der Waals surface area contributed by atoms with E-state index >= 15 is 0 Å². The fourth-order valence-corrected chi connectivity index (χ4v) is 2.99. The largest absolute Gasteiger partial charge is 0.396 e. The molecule has 94 valence electrons. The van der Waals surface area contributed by atoms with Crippen LogP contribution in [0.2, 0.25) is 0 Å². The van der Waals surface area contributed by atoms with Crippen LogP contribution in [-0.4, -0.2) is 36.2 Å². The van der Waals surface area contributed by atoms with E-state index in [1.807, 2.05) is 0 Å². The van der Waals surface area contributed by atoms with Crippen molar-refractivity contribution in [1.82, 2.24) is 4.90 Å². The molecule has 0 radical (unpaired) electrons. The lowest BCUT2D eigenvalue weighted by molar-refractivity contribution is 0.169. The Balaban J connectivity index is 1.68. The van der Waals surface area contributed by atoms with Crippen molar-refractivity contribution >= 4 is 17.4 Å². The summed E-state index contributed by atoms with van der Waals surface area (Å²) in [4.78, 5) is 3.83. The fraction of sp³-hybridized carbons (Fsp3) is 0.571. The number of hydrogen-bond donors (Lipinski definition) is 1. The molecule has 0 unspecified atom stereocenters. The molecule has 0 saturated carbocycles. The van der Waals surface area contributed by atoms with Crippen LogP contribution in [0.1, 0.15) is 24.1 Å². The molecule has 1 aromatic rings. The molecule has 1 aliphatic heterocycles. The molecule has 0 aromatic carbocycles. The molecule has 1 aromatic heterocycles. The van der Waals surface area contributed by atoms with Crippen LogP contribution in [-0.2, 0) is 0 Å². The first-order chi connectivity index (χ1) is 8.38. The van der Waals surface area contributed by atoms with Gasteiger partial charge < -0.3 is 5.11 Å². The number of aliphatic hydroxyl groups is 1. The number of piperidine rings is 1. The Labute approximate surface area is 108 Å². The van der Waals surface area contributed by atoms with Crippen LogP contribution >= 0.6 is 11.3 Å². The number of likely N-dealkylation sites (tertiary alicyclic amines) is 1. The molecule has 1 N–H and O–H groups in total. The molecular weight excluding hydrogens is 230 g/mol. The number of nitrogens with zero attached hydrogens (tertiary/aromatic N) is 1. The van der Waals surface area contributed by atoms with Gasteiger partial charge >= 0.3 is 0 Å². The maximum atomic E-state index is 8.91. The number of aliphatic hydroxyl groups excluding tert-OH is 1. The molecule has 3 heteroatoms. The Kier molecular flexibility index (Phi) is 5.23. The third-order valence-electron chi connectivity index (χ3n) is 3.43. The topological polar surface area (TPSA) is 23.5 Å². The minimum atomic E-state index is 0.350. The smallest absolute Gasteiger partial charge is 0.0433 e. The maximum Gasteiger partial charge on any atom is 0.0433 e. The first-order valence-corrected chi connectivity index (χ1v) is 7.29. The number of thiophene rings is 1. The quantitative estimate of drug-likeness (QED) is 0.870. The Hall–Kier alpha value is -0.640. The van der Waals surface area contributed by atoms with Crippen molar-refractivity contribution in [3.05, 3.63) is 28.5 Å². The summed E-state index contributed by atoms with van der Waals surface area (Å²) in [5.74, 6) is 0.748. The SMILES string of the molecule is OCCC1CCN(C/C=C/c2cccs2)CC1. The molecule has 0 bridgehead atoms. The molecule has 2 heterocycles. The van der Waals surface area contributed by atoms with Gasteiger partial charge in [-0.25, -0.2) is 0 Å². The molecule has 1 saturated heterocycles. The van der Waals surface area contributed by atoms with E-state index in [-0.39, 0.29) is 0 Å². The molecule has 0 spiro atoms. The average Bonchev–Trinajstić information content (AvgIpc) is 2.85. The van der Waals surface area contributed by atoms with Crippen LogP contribution in [0.3, 0.4) is 0 Å². The van der Waals surface area contributed by atoms with Gasteiger partial charge in [-0.15, -0.1) is 11.3 Å². The molecular formula is C14H21NOS. The van der Waals surface area contributed by atoms with Gasteiger partial charge in [0.25, 0.3) is 0 Å². The van der Waals surface area contributed by atoms with Gasteiger partial charge in [-0.1, -0.05) is 12.1 Å². The minimum absolute atomic E-state index is 0.350. The van der Waals surface area contributed by atoms with Gasteiger partial charge in [-0.3, -0.25) is 4.90 Å². The van der Waals surface area contributed by atoms with Gasteiger partial charge in [0.1, 0.15) is 0 Å². The first kappa shape index (κ1) is 12.8. The first-order valence-electron chi connectivity index (χ1n) is 6.42. The van der Waals surface area contributed by atoms with Crippen molar-refractivity contribution in [3.8, 4) is 0 Å². The number of hydrogen-bond acceptors (Lipinski definition) is 3. The summed E-state index contributed by atoms with van der Waals surface area (Å²) in [7, 11) is 0. The molecule has 2 nitrogen and oxygen atoms in total. The normalized spacial score (nSPS) is 19.1. The molecule has 17 heavy (non-hydrogen) atoms. The molecule has 0 aliphatic carbocycles. The molecule has 1 aliphatic rings. The van der Waals surface area contributed by atoms with E-state index in [2.05, 4.69) is 34.6 Å². The van der Waals surface area contributed by atoms with E-state index in [4.69, 9.17) is 5.11 Å². The highest BCUT2D eigenvalue weighted by Crippen LogP contribution is 2.20. The molecule has 1 fully saturated rings. The molecule has 0 amide bonds. The summed E-state index contributed by atoms with van der Waals surface area (Å²) in [6.45, 7) is 3.77. The van der Waals surface area contributed by atoms with Crippen molar-refractivity contribution in [2.45, 2.75) is 19.3 Å². The van der Waals surface area contributed by atoms with Crippen molar-refractivity contribution < 1.29 is 5.11 Å². The highest BCUT2D eigenvalue weighted by Gasteiger charge is 2.17. The third-order valence-corrected chi connectivity index (χ3v) is 4.27. The summed E-state index contributed by atoms with van der Waals surface area (Å²) < 4.78 is 0. The predicted octanol–water partition coefficient (Wildman–Crippen LogP) is 2.86. The van der Waals surface area contributed by atoms with Gasteiger partial charge in [0, 0.05) is 18.0 Å². The van der Waals surface area contributed by atoms with Crippen LogP contribution in [0.5, 0.6) is 0 Å². The highest BCUT2D eigenvalue weighted by molar-refractivity contribution is 7.10. The Morgan fingerprint density at radius 3 is 2.88 bits per heavy atom. The second-order valence-electron chi connectivity index (χ2n) is 4.67. The zero-order chi connectivity index (χ0) is 11.9. The average molecular weight is 251 g/mol. The Morgan fingerprint density at radius 1 is 1.41 bits per heavy atom. The van der Waals surface area contributed by atoms with Gasteiger partial charge in [0.2, 0.25) is 0 Å². The molecule has 0 atom stereocenters. The van der Waals surface area contributed by atoms with E-state index in [0.717, 1.165) is 18.9 Å². The van der Waals surface area contributed by atoms with E-state index in [0.29, 0.717) is 6.61 Å². The van der Waals surface area contributed by atoms with Crippen LogP contribution in [0.25, 0.3) is 6.08 Å². The molecule has 2 rings (SSSR count). The second kappa shape index (κ2) is 6.94. The van der Waals surface area contributed by atoms with E-state index in [1.165, 1.54) is 30.8 Å². The second-order valence-corrected chi connectivity index (χ2v) is 5.65. The number of rotatable bonds is 5. The zero-order valence-electron chi connectivity index (χ0n) is 10.2. The zero-order valence-corrected chi connectivity index (χ0v) is 11.0. The third kappa shape index (κ3) is 4.26. The summed E-state index contributed by atoms with van der Waals surface area (Å²) in [5.41, 5.74) is 0. The fourth-order valence-electron chi connectivity index (χ4n) is 2.34. The monoisotopic (exact) mass is 251 g/mol. The van der Waals surface area contributed by atoms with Crippen molar-refractivity contribution in [2.24, 2.45) is 5.92 Å². The predicted molar refractivity (Wildman–Crippen MR) is 74.2 cm³/mol. The van der Waals surface area contributed by atoms with Crippen molar-refractivity contribution in [2.75, 3.05) is 26.2 Å². The van der Waals surface area contributed by atoms with Crippen LogP contribution < -0.4 is 0 Å². The lowest BCUT2D eigenvalue weighted by Crippen LogP contribution is -2.34. The Morgan fingerprint density at radius 2 is 2.24 bits per heavy atom. The lowest BCUT2D eigenvalue weighted by Gasteiger charge is -2.30. The van der Waals surface area contributed by atoms with Crippen molar-refractivity contribution in [1.29, 1.82) is 0 Å². The summed E-state index contributed by atoms with van der Waals surface area (Å²) in [5, 5.41) is 11.0. The van der Waals surface area contributed by atoms with Crippen molar-refractivity contribution in [3.63, 3.8) is 0 Å². The van der Waals surface area contributed by atoms with E-state index in [9.17, 15) is 0 Å². The standard InChI is InChI=1S/C14H21NOS/c16-11-7-13-5-9-15(10-6-13)8-1-3-14-4-2-12-17-14/h1-4,12-13,16H,5-11H2/b3-1+. The minimum Gasteiger partial charge on any atom is -0.396 e. The highest BCUT2D eigenvalue weighted by atomic mass is 32.1. The van der Waals surface area contributed by atoms with Crippen LogP contribution in [0.15, 0.2) is 23.6 Å². The van der Waals surface area contributed by atoms with Gasteiger partial charge in [0.15, 0.2) is 0 Å². The maximum absolute atomic E-state index is 8.91. The van der Waals surface area contributed by atoms with Crippen LogP contribution in [0.4, 0.5) is 0 Å². The van der Waals surface area contributed by atoms with Gasteiger partial charge in [-0.05, 0) is 55.8 Å². The summed E-state index contributed by atoms with van der Waals surface area (Å²) in [6, 6.07) is 4.24. The van der Waals surface area contributed by atoms with E-state index in [1.54, 1.807) is 11.3 Å². The summed E-state index contributed by atoms with van der Waals surface area (Å²) >= 11 is 1.78. The van der Waals surface area contributed by atoms with E-state index < -0.39 is 0 Å². The lowest BCUT2D eigenvalue weighted by atomic mass is 9.94. The van der Waals surface area contributed by atoms with Crippen LogP contribution in [0, 0.1) is 5.92 Å². The summed E-state index contributed by atoms with van der Waals surface area (Å²) in [6.07, 6.45) is 7.95. The Bertz CT molecular complexity index is 326. The van der Waals surface area contributed by atoms with Gasteiger partial charge in [-0.2, -0.15) is 0 Å².